The first-order valence-electron chi connectivity index (χ1n) is 12.8. The monoisotopic (exact) mass is 510 g/mol. The fraction of sp³-hybridized carbons (Fsp3) is 0.367. The summed E-state index contributed by atoms with van der Waals surface area (Å²) in [6, 6.07) is 22.4. The summed E-state index contributed by atoms with van der Waals surface area (Å²) in [6.07, 6.45) is -2.47. The molecule has 0 spiro atoms. The van der Waals surface area contributed by atoms with Crippen molar-refractivity contribution in [2.75, 3.05) is 37.6 Å². The topological polar surface area (TPSA) is 43.8 Å². The summed E-state index contributed by atoms with van der Waals surface area (Å²) in [4.78, 5) is 16.8. The van der Waals surface area contributed by atoms with E-state index < -0.39 is 23.1 Å². The Labute approximate surface area is 216 Å². The van der Waals surface area contributed by atoms with Crippen LogP contribution in [0.4, 0.5) is 18.9 Å². The SMILES string of the molecule is CCC(CCCN1CCN(c2ccc(-c3ccccc3C(F)(F)F)cc2)CC1)(C(=O)O)c1ccccc1. The van der Waals surface area contributed by atoms with Crippen molar-refractivity contribution in [1.82, 2.24) is 4.90 Å². The van der Waals surface area contributed by atoms with E-state index in [1.807, 2.05) is 49.4 Å². The molecule has 1 saturated heterocycles. The number of nitrogens with zero attached hydrogens (tertiary/aromatic N) is 2. The van der Waals surface area contributed by atoms with Gasteiger partial charge in [-0.25, -0.2) is 0 Å². The first-order valence-corrected chi connectivity index (χ1v) is 12.8. The zero-order valence-electron chi connectivity index (χ0n) is 21.0. The maximum absolute atomic E-state index is 13.4. The molecule has 3 aromatic carbocycles. The van der Waals surface area contributed by atoms with E-state index in [9.17, 15) is 23.1 Å². The molecular formula is C30H33F3N2O2. The van der Waals surface area contributed by atoms with Gasteiger partial charge in [0, 0.05) is 31.9 Å². The lowest BCUT2D eigenvalue weighted by atomic mass is 9.74. The molecule has 1 aliphatic heterocycles. The molecule has 0 aromatic heterocycles. The number of anilines is 1. The highest BCUT2D eigenvalue weighted by Gasteiger charge is 2.38. The third kappa shape index (κ3) is 5.99. The van der Waals surface area contributed by atoms with E-state index >= 15 is 0 Å². The van der Waals surface area contributed by atoms with Crippen molar-refractivity contribution in [3.05, 3.63) is 90.0 Å². The summed E-state index contributed by atoms with van der Waals surface area (Å²) in [7, 11) is 0. The maximum Gasteiger partial charge on any atom is 0.417 e. The minimum atomic E-state index is -4.39. The summed E-state index contributed by atoms with van der Waals surface area (Å²) in [6.45, 7) is 6.12. The van der Waals surface area contributed by atoms with Crippen molar-refractivity contribution < 1.29 is 23.1 Å². The van der Waals surface area contributed by atoms with Crippen molar-refractivity contribution in [3.8, 4) is 11.1 Å². The Bertz CT molecular complexity index is 1170. The van der Waals surface area contributed by atoms with Gasteiger partial charge in [0.25, 0.3) is 0 Å². The summed E-state index contributed by atoms with van der Waals surface area (Å²) in [5.74, 6) is -0.771. The van der Waals surface area contributed by atoms with Crippen LogP contribution in [0.15, 0.2) is 78.9 Å². The minimum Gasteiger partial charge on any atom is -0.481 e. The zero-order chi connectivity index (χ0) is 26.5. The molecule has 4 rings (SSSR count). The summed E-state index contributed by atoms with van der Waals surface area (Å²) in [5.41, 5.74) is 1.09. The molecule has 1 unspecified atom stereocenters. The van der Waals surface area contributed by atoms with E-state index in [-0.39, 0.29) is 5.56 Å². The number of carboxylic acid groups (broad SMARTS) is 1. The molecule has 7 heteroatoms. The number of hydrogen-bond donors (Lipinski definition) is 1. The van der Waals surface area contributed by atoms with Gasteiger partial charge >= 0.3 is 12.1 Å². The Hall–Kier alpha value is -3.32. The number of carboxylic acids is 1. The average Bonchev–Trinajstić information content (AvgIpc) is 2.91. The van der Waals surface area contributed by atoms with Crippen LogP contribution in [0.25, 0.3) is 11.1 Å². The van der Waals surface area contributed by atoms with Crippen LogP contribution in [0.3, 0.4) is 0 Å². The van der Waals surface area contributed by atoms with Gasteiger partial charge in [-0.15, -0.1) is 0 Å². The Kier molecular flexibility index (Phi) is 8.22. The van der Waals surface area contributed by atoms with Crippen molar-refractivity contribution in [3.63, 3.8) is 0 Å². The molecule has 196 valence electrons. The van der Waals surface area contributed by atoms with Crippen LogP contribution in [0.1, 0.15) is 37.3 Å². The second-order valence-electron chi connectivity index (χ2n) is 9.63. The van der Waals surface area contributed by atoms with Crippen LogP contribution < -0.4 is 4.90 Å². The van der Waals surface area contributed by atoms with Crippen molar-refractivity contribution in [2.45, 2.75) is 37.8 Å². The van der Waals surface area contributed by atoms with Crippen LogP contribution in [0, 0.1) is 0 Å². The third-order valence-electron chi connectivity index (χ3n) is 7.57. The second-order valence-corrected chi connectivity index (χ2v) is 9.63. The highest BCUT2D eigenvalue weighted by molar-refractivity contribution is 5.81. The fourth-order valence-corrected chi connectivity index (χ4v) is 5.33. The van der Waals surface area contributed by atoms with Crippen LogP contribution in [0.5, 0.6) is 0 Å². The van der Waals surface area contributed by atoms with Crippen LogP contribution in [-0.4, -0.2) is 48.7 Å². The normalized spacial score (nSPS) is 16.4. The van der Waals surface area contributed by atoms with E-state index in [1.165, 1.54) is 12.1 Å². The van der Waals surface area contributed by atoms with Crippen molar-refractivity contribution in [2.24, 2.45) is 0 Å². The van der Waals surface area contributed by atoms with E-state index in [1.54, 1.807) is 18.2 Å². The van der Waals surface area contributed by atoms with Gasteiger partial charge in [-0.05, 0) is 60.7 Å². The van der Waals surface area contributed by atoms with Gasteiger partial charge in [-0.3, -0.25) is 9.69 Å². The Morgan fingerprint density at radius 3 is 2.08 bits per heavy atom. The molecule has 1 heterocycles. The van der Waals surface area contributed by atoms with Gasteiger partial charge in [-0.1, -0.05) is 67.6 Å². The highest BCUT2D eigenvalue weighted by Crippen LogP contribution is 2.37. The molecule has 4 nitrogen and oxygen atoms in total. The largest absolute Gasteiger partial charge is 0.481 e. The molecule has 1 N–H and O–H groups in total. The lowest BCUT2D eigenvalue weighted by Crippen LogP contribution is -2.47. The highest BCUT2D eigenvalue weighted by atomic mass is 19.4. The summed E-state index contributed by atoms with van der Waals surface area (Å²) >= 11 is 0. The quantitative estimate of drug-likeness (QED) is 0.348. The Morgan fingerprint density at radius 1 is 0.865 bits per heavy atom. The Morgan fingerprint density at radius 2 is 1.49 bits per heavy atom. The first kappa shape index (κ1) is 26.7. The molecule has 0 saturated carbocycles. The molecule has 1 aliphatic rings. The molecule has 1 fully saturated rings. The number of aliphatic carboxylic acids is 1. The summed E-state index contributed by atoms with van der Waals surface area (Å²) in [5, 5.41) is 10.0. The predicted octanol–water partition coefficient (Wildman–Crippen LogP) is 6.71. The average molecular weight is 511 g/mol. The maximum atomic E-state index is 13.4. The number of halogens is 3. The molecule has 0 amide bonds. The fourth-order valence-electron chi connectivity index (χ4n) is 5.33. The van der Waals surface area contributed by atoms with Crippen molar-refractivity contribution in [1.29, 1.82) is 0 Å². The third-order valence-corrected chi connectivity index (χ3v) is 7.57. The molecule has 1 atom stereocenters. The number of benzene rings is 3. The number of alkyl halides is 3. The van der Waals surface area contributed by atoms with Crippen LogP contribution in [-0.2, 0) is 16.4 Å². The predicted molar refractivity (Wildman–Crippen MR) is 141 cm³/mol. The zero-order valence-corrected chi connectivity index (χ0v) is 21.0. The number of carbonyl (C=O) groups is 1. The van der Waals surface area contributed by atoms with Crippen molar-refractivity contribution >= 4 is 11.7 Å². The number of rotatable bonds is 9. The van der Waals surface area contributed by atoms with Gasteiger partial charge < -0.3 is 10.0 Å². The molecule has 0 radical (unpaired) electrons. The molecule has 37 heavy (non-hydrogen) atoms. The lowest BCUT2D eigenvalue weighted by Gasteiger charge is -2.37. The number of hydrogen-bond acceptors (Lipinski definition) is 3. The summed E-state index contributed by atoms with van der Waals surface area (Å²) < 4.78 is 40.2. The van der Waals surface area contributed by atoms with Crippen LogP contribution >= 0.6 is 0 Å². The molecule has 0 bridgehead atoms. The minimum absolute atomic E-state index is 0.186. The standard InChI is InChI=1S/C30H33F3N2O2/c1-2-29(28(36)37,24-9-4-3-5-10-24)17-8-18-34-19-21-35(22-20-34)25-15-13-23(14-16-25)26-11-6-7-12-27(26)30(31,32)33/h3-7,9-16H,2,8,17-22H2,1H3,(H,36,37). The van der Waals surface area contributed by atoms with Gasteiger partial charge in [0.1, 0.15) is 0 Å². The van der Waals surface area contributed by atoms with E-state index in [2.05, 4.69) is 9.80 Å². The van der Waals surface area contributed by atoms with Crippen LogP contribution in [0.2, 0.25) is 0 Å². The van der Waals surface area contributed by atoms with E-state index in [4.69, 9.17) is 0 Å². The van der Waals surface area contributed by atoms with Gasteiger partial charge in [0.05, 0.1) is 11.0 Å². The van der Waals surface area contributed by atoms with E-state index in [0.717, 1.165) is 56.5 Å². The number of piperazine rings is 1. The molecular weight excluding hydrogens is 477 g/mol. The molecule has 3 aromatic rings. The second kappa shape index (κ2) is 11.4. The van der Waals surface area contributed by atoms with E-state index in [0.29, 0.717) is 18.4 Å². The van der Waals surface area contributed by atoms with Gasteiger partial charge in [-0.2, -0.15) is 13.2 Å². The van der Waals surface area contributed by atoms with Gasteiger partial charge in [0.2, 0.25) is 0 Å². The van der Waals surface area contributed by atoms with Gasteiger partial charge in [0.15, 0.2) is 0 Å². The smallest absolute Gasteiger partial charge is 0.417 e. The molecule has 0 aliphatic carbocycles. The first-order chi connectivity index (χ1) is 17.7. The Balaban J connectivity index is 1.33. The lowest BCUT2D eigenvalue weighted by molar-refractivity contribution is -0.144.